The molecule has 3 aromatic rings. The lowest BCUT2D eigenvalue weighted by molar-refractivity contribution is 0.697. The average molecular weight is 248 g/mol. The SMILES string of the molecule is CNC(c1ccccc1)c1cccc2ncccc12. The topological polar surface area (TPSA) is 24.9 Å². The van der Waals surface area contributed by atoms with Crippen LogP contribution in [0.4, 0.5) is 0 Å². The van der Waals surface area contributed by atoms with Gasteiger partial charge in [-0.2, -0.15) is 0 Å². The minimum absolute atomic E-state index is 0.189. The van der Waals surface area contributed by atoms with Crippen LogP contribution < -0.4 is 5.32 Å². The molecule has 1 heterocycles. The molecule has 94 valence electrons. The first-order valence-electron chi connectivity index (χ1n) is 6.46. The number of nitrogens with one attached hydrogen (secondary N) is 1. The number of aromatic nitrogens is 1. The van der Waals surface area contributed by atoms with Crippen LogP contribution in [0.15, 0.2) is 66.9 Å². The predicted octanol–water partition coefficient (Wildman–Crippen LogP) is 3.54. The summed E-state index contributed by atoms with van der Waals surface area (Å²) in [6.07, 6.45) is 1.84. The minimum Gasteiger partial charge on any atom is -0.309 e. The molecule has 0 fully saturated rings. The normalized spacial score (nSPS) is 12.5. The Bertz CT molecular complexity index is 672. The predicted molar refractivity (Wildman–Crippen MR) is 79.1 cm³/mol. The second-order valence-electron chi connectivity index (χ2n) is 4.55. The van der Waals surface area contributed by atoms with Gasteiger partial charge in [-0.3, -0.25) is 4.98 Å². The molecular weight excluding hydrogens is 232 g/mol. The second-order valence-corrected chi connectivity index (χ2v) is 4.55. The van der Waals surface area contributed by atoms with Crippen LogP contribution in [0.2, 0.25) is 0 Å². The van der Waals surface area contributed by atoms with Crippen molar-refractivity contribution in [3.8, 4) is 0 Å². The lowest BCUT2D eigenvalue weighted by atomic mass is 9.95. The largest absolute Gasteiger partial charge is 0.309 e. The van der Waals surface area contributed by atoms with Crippen molar-refractivity contribution in [3.05, 3.63) is 78.0 Å². The molecule has 0 spiro atoms. The van der Waals surface area contributed by atoms with Crippen LogP contribution in [0.5, 0.6) is 0 Å². The summed E-state index contributed by atoms with van der Waals surface area (Å²) >= 11 is 0. The highest BCUT2D eigenvalue weighted by Gasteiger charge is 2.14. The number of rotatable bonds is 3. The van der Waals surface area contributed by atoms with Gasteiger partial charge >= 0.3 is 0 Å². The Morgan fingerprint density at radius 1 is 0.895 bits per heavy atom. The number of nitrogens with zero attached hydrogens (tertiary/aromatic N) is 1. The molecule has 1 N–H and O–H groups in total. The molecule has 0 aliphatic heterocycles. The maximum absolute atomic E-state index is 4.42. The van der Waals surface area contributed by atoms with Crippen molar-refractivity contribution in [1.29, 1.82) is 0 Å². The van der Waals surface area contributed by atoms with Gasteiger partial charge < -0.3 is 5.32 Å². The molecule has 0 saturated heterocycles. The molecule has 0 bridgehead atoms. The third-order valence-electron chi connectivity index (χ3n) is 3.41. The summed E-state index contributed by atoms with van der Waals surface area (Å²) in [7, 11) is 1.99. The quantitative estimate of drug-likeness (QED) is 0.766. The van der Waals surface area contributed by atoms with Gasteiger partial charge in [0, 0.05) is 11.6 Å². The van der Waals surface area contributed by atoms with Gasteiger partial charge in [-0.25, -0.2) is 0 Å². The number of hydrogen-bond donors (Lipinski definition) is 1. The van der Waals surface area contributed by atoms with E-state index in [1.807, 2.05) is 25.4 Å². The molecular formula is C17H16N2. The lowest BCUT2D eigenvalue weighted by Gasteiger charge is -2.19. The van der Waals surface area contributed by atoms with Crippen molar-refractivity contribution in [2.45, 2.75) is 6.04 Å². The van der Waals surface area contributed by atoms with Crippen LogP contribution in [0.1, 0.15) is 17.2 Å². The maximum atomic E-state index is 4.42. The summed E-state index contributed by atoms with van der Waals surface area (Å²) in [5.41, 5.74) is 3.57. The van der Waals surface area contributed by atoms with E-state index in [0.717, 1.165) is 5.52 Å². The molecule has 1 atom stereocenters. The summed E-state index contributed by atoms with van der Waals surface area (Å²) in [5, 5.41) is 4.60. The van der Waals surface area contributed by atoms with Crippen molar-refractivity contribution in [2.24, 2.45) is 0 Å². The number of hydrogen-bond acceptors (Lipinski definition) is 2. The Kier molecular flexibility index (Phi) is 3.25. The summed E-state index contributed by atoms with van der Waals surface area (Å²) in [6.45, 7) is 0. The van der Waals surface area contributed by atoms with Crippen LogP contribution in [0.25, 0.3) is 10.9 Å². The first-order valence-corrected chi connectivity index (χ1v) is 6.46. The zero-order valence-corrected chi connectivity index (χ0v) is 10.9. The Morgan fingerprint density at radius 3 is 2.53 bits per heavy atom. The highest BCUT2D eigenvalue weighted by atomic mass is 14.9. The first kappa shape index (κ1) is 11.9. The standard InChI is InChI=1S/C17H16N2/c1-18-17(13-7-3-2-4-8-13)15-9-5-11-16-14(15)10-6-12-19-16/h2-12,17-18H,1H3. The second kappa shape index (κ2) is 5.21. The van der Waals surface area contributed by atoms with E-state index in [1.165, 1.54) is 16.5 Å². The Balaban J connectivity index is 2.17. The monoisotopic (exact) mass is 248 g/mol. The number of pyridine rings is 1. The van der Waals surface area contributed by atoms with Crippen LogP contribution in [-0.2, 0) is 0 Å². The highest BCUT2D eigenvalue weighted by molar-refractivity contribution is 5.82. The molecule has 0 radical (unpaired) electrons. The van der Waals surface area contributed by atoms with Crippen LogP contribution in [0, 0.1) is 0 Å². The van der Waals surface area contributed by atoms with E-state index in [9.17, 15) is 0 Å². The fourth-order valence-electron chi connectivity index (χ4n) is 2.53. The molecule has 19 heavy (non-hydrogen) atoms. The van der Waals surface area contributed by atoms with Gasteiger partial charge in [0.25, 0.3) is 0 Å². The van der Waals surface area contributed by atoms with Gasteiger partial charge in [-0.15, -0.1) is 0 Å². The van der Waals surface area contributed by atoms with E-state index in [1.54, 1.807) is 0 Å². The summed E-state index contributed by atoms with van der Waals surface area (Å²) in [4.78, 5) is 4.42. The van der Waals surface area contributed by atoms with Crippen LogP contribution >= 0.6 is 0 Å². The molecule has 0 aliphatic carbocycles. The van der Waals surface area contributed by atoms with E-state index in [-0.39, 0.29) is 6.04 Å². The molecule has 0 aliphatic rings. The van der Waals surface area contributed by atoms with Gasteiger partial charge in [0.1, 0.15) is 0 Å². The van der Waals surface area contributed by atoms with Gasteiger partial charge in [-0.1, -0.05) is 48.5 Å². The Labute approximate surface area is 113 Å². The summed E-state index contributed by atoms with van der Waals surface area (Å²) in [5.74, 6) is 0. The summed E-state index contributed by atoms with van der Waals surface area (Å²) in [6, 6.07) is 21.1. The van der Waals surface area contributed by atoms with E-state index >= 15 is 0 Å². The maximum Gasteiger partial charge on any atom is 0.0705 e. The highest BCUT2D eigenvalue weighted by Crippen LogP contribution is 2.27. The van der Waals surface area contributed by atoms with Gasteiger partial charge in [-0.05, 0) is 30.3 Å². The fourth-order valence-corrected chi connectivity index (χ4v) is 2.53. The molecule has 2 nitrogen and oxygen atoms in total. The molecule has 1 aromatic heterocycles. The fraction of sp³-hybridized carbons (Fsp3) is 0.118. The van der Waals surface area contributed by atoms with E-state index in [0.29, 0.717) is 0 Å². The first-order chi connectivity index (χ1) is 9.40. The minimum atomic E-state index is 0.189. The van der Waals surface area contributed by atoms with Crippen LogP contribution in [0.3, 0.4) is 0 Å². The molecule has 3 rings (SSSR count). The van der Waals surface area contributed by atoms with Crippen molar-refractivity contribution >= 4 is 10.9 Å². The van der Waals surface area contributed by atoms with E-state index in [2.05, 4.69) is 58.8 Å². The molecule has 0 saturated carbocycles. The van der Waals surface area contributed by atoms with E-state index < -0.39 is 0 Å². The van der Waals surface area contributed by atoms with Crippen LogP contribution in [-0.4, -0.2) is 12.0 Å². The van der Waals surface area contributed by atoms with Crippen molar-refractivity contribution in [2.75, 3.05) is 7.05 Å². The third kappa shape index (κ3) is 2.23. The summed E-state index contributed by atoms with van der Waals surface area (Å²) < 4.78 is 0. The molecule has 2 aromatic carbocycles. The third-order valence-corrected chi connectivity index (χ3v) is 3.41. The van der Waals surface area contributed by atoms with Gasteiger partial charge in [0.15, 0.2) is 0 Å². The van der Waals surface area contributed by atoms with Gasteiger partial charge in [0.05, 0.1) is 11.6 Å². The molecule has 0 amide bonds. The van der Waals surface area contributed by atoms with Crippen molar-refractivity contribution in [3.63, 3.8) is 0 Å². The van der Waals surface area contributed by atoms with Crippen molar-refractivity contribution in [1.82, 2.24) is 10.3 Å². The zero-order valence-electron chi connectivity index (χ0n) is 10.9. The lowest BCUT2D eigenvalue weighted by Crippen LogP contribution is -2.17. The Morgan fingerprint density at radius 2 is 1.74 bits per heavy atom. The average Bonchev–Trinajstić information content (AvgIpc) is 2.49. The zero-order chi connectivity index (χ0) is 13.1. The Hall–Kier alpha value is -2.19. The molecule has 2 heteroatoms. The van der Waals surface area contributed by atoms with Gasteiger partial charge in [0.2, 0.25) is 0 Å². The smallest absolute Gasteiger partial charge is 0.0705 e. The molecule has 1 unspecified atom stereocenters. The van der Waals surface area contributed by atoms with Crippen molar-refractivity contribution < 1.29 is 0 Å². The van der Waals surface area contributed by atoms with E-state index in [4.69, 9.17) is 0 Å². The number of fused-ring (bicyclic) bond motifs is 1. The number of benzene rings is 2.